The number of hydrogen-bond donors (Lipinski definition) is 0. The monoisotopic (exact) mass is 545 g/mol. The lowest BCUT2D eigenvalue weighted by atomic mass is 10.1. The Bertz CT molecular complexity index is 1330. The minimum Gasteiger partial charge on any atom is -0.333 e. The third-order valence-corrected chi connectivity index (χ3v) is 6.67. The van der Waals surface area contributed by atoms with Crippen LogP contribution >= 0.6 is 0 Å². The topological polar surface area (TPSA) is 43.9 Å². The summed E-state index contributed by atoms with van der Waals surface area (Å²) in [5.41, 5.74) is 0.190. The summed E-state index contributed by atoms with van der Waals surface area (Å²) in [6, 6.07) is 15.6. The van der Waals surface area contributed by atoms with E-state index in [-0.39, 0.29) is 42.4 Å². The fourth-order valence-corrected chi connectivity index (χ4v) is 4.70. The van der Waals surface area contributed by atoms with Crippen LogP contribution in [0.25, 0.3) is 0 Å². The average Bonchev–Trinajstić information content (AvgIpc) is 2.93. The Hall–Kier alpha value is -3.79. The summed E-state index contributed by atoms with van der Waals surface area (Å²) in [5, 5.41) is 0. The summed E-state index contributed by atoms with van der Waals surface area (Å²) >= 11 is 0. The van der Waals surface area contributed by atoms with E-state index in [1.54, 1.807) is 0 Å². The van der Waals surface area contributed by atoms with Gasteiger partial charge < -0.3 is 9.80 Å². The summed E-state index contributed by atoms with van der Waals surface area (Å²) in [6.45, 7) is 2.88. The molecule has 0 fully saturated rings. The largest absolute Gasteiger partial charge is 0.416 e. The highest BCUT2D eigenvalue weighted by atomic mass is 19.4. The molecule has 0 bridgehead atoms. The Balaban J connectivity index is 1.74. The van der Waals surface area contributed by atoms with Gasteiger partial charge in [-0.25, -0.2) is 8.78 Å². The van der Waals surface area contributed by atoms with Crippen molar-refractivity contribution in [3.05, 3.63) is 101 Å². The van der Waals surface area contributed by atoms with Crippen molar-refractivity contribution in [1.29, 1.82) is 0 Å². The van der Waals surface area contributed by atoms with Gasteiger partial charge in [0.1, 0.15) is 0 Å². The Morgan fingerprint density at radius 3 is 2.26 bits per heavy atom. The van der Waals surface area contributed by atoms with E-state index in [1.807, 2.05) is 30.3 Å². The summed E-state index contributed by atoms with van der Waals surface area (Å²) in [5.74, 6) is -3.36. The average molecular weight is 546 g/mol. The number of nitrogens with zero attached hydrogens (tertiary/aromatic N) is 3. The number of hydrogen-bond acceptors (Lipinski definition) is 3. The summed E-state index contributed by atoms with van der Waals surface area (Å²) in [6.07, 6.45) is -4.12. The zero-order valence-electron chi connectivity index (χ0n) is 21.3. The van der Waals surface area contributed by atoms with Crippen LogP contribution in [0.3, 0.4) is 0 Å². The standard InChI is InChI=1S/C29H28F5N3O2/c1-20(38)37-12-6-11-35(18-21-7-3-2-4-8-21)13-14-36(19-23-16-25(30)26(31)17-27(23)37)28(39)22-9-5-10-24(15-22)29(32,33)34/h2-5,7-10,15-17H,6,11-14,18-19H2,1H3. The van der Waals surface area contributed by atoms with Gasteiger partial charge in [0.05, 0.1) is 11.3 Å². The smallest absolute Gasteiger partial charge is 0.333 e. The molecule has 0 saturated heterocycles. The number of halogens is 5. The van der Waals surface area contributed by atoms with E-state index in [1.165, 1.54) is 22.8 Å². The van der Waals surface area contributed by atoms with Gasteiger partial charge in [-0.1, -0.05) is 36.4 Å². The Labute approximate surface area is 223 Å². The van der Waals surface area contributed by atoms with Crippen molar-refractivity contribution in [2.24, 2.45) is 0 Å². The van der Waals surface area contributed by atoms with Gasteiger partial charge in [0, 0.05) is 57.8 Å². The van der Waals surface area contributed by atoms with Crippen LogP contribution < -0.4 is 4.90 Å². The second-order valence-corrected chi connectivity index (χ2v) is 9.49. The molecule has 0 N–H and O–H groups in total. The normalized spacial score (nSPS) is 15.4. The van der Waals surface area contributed by atoms with Crippen LogP contribution in [0.5, 0.6) is 0 Å². The molecule has 0 spiro atoms. The highest BCUT2D eigenvalue weighted by Gasteiger charge is 2.32. The minimum absolute atomic E-state index is 0.112. The second kappa shape index (κ2) is 11.9. The van der Waals surface area contributed by atoms with E-state index in [9.17, 15) is 31.5 Å². The number of amides is 2. The number of fused-ring (bicyclic) bond motifs is 1. The molecule has 0 aliphatic carbocycles. The fraction of sp³-hybridized carbons (Fsp3) is 0.310. The predicted octanol–water partition coefficient (Wildman–Crippen LogP) is 5.88. The number of carbonyl (C=O) groups is 2. The van der Waals surface area contributed by atoms with Crippen molar-refractivity contribution < 1.29 is 31.5 Å². The summed E-state index contributed by atoms with van der Waals surface area (Å²) in [7, 11) is 0. The number of carbonyl (C=O) groups excluding carboxylic acids is 2. The maximum absolute atomic E-state index is 14.4. The van der Waals surface area contributed by atoms with E-state index in [4.69, 9.17) is 0 Å². The molecule has 0 atom stereocenters. The predicted molar refractivity (Wildman–Crippen MR) is 137 cm³/mol. The number of benzene rings is 3. The SMILES string of the molecule is CC(=O)N1CCCN(Cc2ccccc2)CCN(C(=O)c2cccc(C(F)(F)F)c2)Cc2cc(F)c(F)cc21. The van der Waals surface area contributed by atoms with E-state index >= 15 is 0 Å². The van der Waals surface area contributed by atoms with Gasteiger partial charge in [0.25, 0.3) is 5.91 Å². The zero-order valence-corrected chi connectivity index (χ0v) is 21.3. The number of rotatable bonds is 3. The molecular weight excluding hydrogens is 517 g/mol. The molecule has 0 radical (unpaired) electrons. The molecule has 3 aromatic rings. The third-order valence-electron chi connectivity index (χ3n) is 6.67. The molecule has 1 aliphatic rings. The summed E-state index contributed by atoms with van der Waals surface area (Å²) < 4.78 is 68.7. The zero-order chi connectivity index (χ0) is 28.2. The van der Waals surface area contributed by atoms with Gasteiger partial charge in [-0.15, -0.1) is 0 Å². The summed E-state index contributed by atoms with van der Waals surface area (Å²) in [4.78, 5) is 30.9. The molecule has 4 rings (SSSR count). The van der Waals surface area contributed by atoms with E-state index in [2.05, 4.69) is 4.90 Å². The van der Waals surface area contributed by atoms with E-state index in [0.717, 1.165) is 35.9 Å². The first-order chi connectivity index (χ1) is 18.5. The van der Waals surface area contributed by atoms with Gasteiger partial charge >= 0.3 is 6.18 Å². The molecule has 1 heterocycles. The van der Waals surface area contributed by atoms with Crippen LogP contribution in [-0.2, 0) is 24.1 Å². The van der Waals surface area contributed by atoms with Crippen LogP contribution in [0.2, 0.25) is 0 Å². The van der Waals surface area contributed by atoms with Crippen molar-refractivity contribution in [3.63, 3.8) is 0 Å². The van der Waals surface area contributed by atoms with Gasteiger partial charge in [-0.3, -0.25) is 14.5 Å². The first-order valence-electron chi connectivity index (χ1n) is 12.5. The molecule has 5 nitrogen and oxygen atoms in total. The van der Waals surface area contributed by atoms with Crippen LogP contribution in [0.1, 0.15) is 40.4 Å². The molecule has 3 aromatic carbocycles. The molecule has 2 amide bonds. The highest BCUT2D eigenvalue weighted by Crippen LogP contribution is 2.31. The first-order valence-corrected chi connectivity index (χ1v) is 12.5. The van der Waals surface area contributed by atoms with E-state index in [0.29, 0.717) is 26.1 Å². The Kier molecular flexibility index (Phi) is 8.64. The lowest BCUT2D eigenvalue weighted by Gasteiger charge is -2.28. The third kappa shape index (κ3) is 7.00. The van der Waals surface area contributed by atoms with Crippen molar-refractivity contribution in [2.75, 3.05) is 31.1 Å². The second-order valence-electron chi connectivity index (χ2n) is 9.49. The maximum Gasteiger partial charge on any atom is 0.416 e. The minimum atomic E-state index is -4.64. The van der Waals surface area contributed by atoms with Gasteiger partial charge in [0.2, 0.25) is 5.91 Å². The van der Waals surface area contributed by atoms with Crippen LogP contribution in [0.4, 0.5) is 27.6 Å². The lowest BCUT2D eigenvalue weighted by Crippen LogP contribution is -2.38. The van der Waals surface area contributed by atoms with Crippen LogP contribution in [0, 0.1) is 11.6 Å². The lowest BCUT2D eigenvalue weighted by molar-refractivity contribution is -0.137. The fourth-order valence-electron chi connectivity index (χ4n) is 4.70. The molecule has 1 aliphatic heterocycles. The maximum atomic E-state index is 14.4. The van der Waals surface area contributed by atoms with Gasteiger partial charge in [-0.05, 0) is 41.8 Å². The van der Waals surface area contributed by atoms with Gasteiger partial charge in [0.15, 0.2) is 11.6 Å². The number of alkyl halides is 3. The van der Waals surface area contributed by atoms with Crippen molar-refractivity contribution in [2.45, 2.75) is 32.6 Å². The molecule has 0 saturated carbocycles. The first kappa shape index (κ1) is 28.2. The molecule has 0 unspecified atom stereocenters. The van der Waals surface area contributed by atoms with Crippen molar-refractivity contribution in [3.8, 4) is 0 Å². The van der Waals surface area contributed by atoms with E-state index < -0.39 is 29.3 Å². The van der Waals surface area contributed by atoms with Crippen LogP contribution in [-0.4, -0.2) is 47.8 Å². The van der Waals surface area contributed by atoms with Gasteiger partial charge in [-0.2, -0.15) is 13.2 Å². The molecule has 39 heavy (non-hydrogen) atoms. The highest BCUT2D eigenvalue weighted by molar-refractivity contribution is 5.95. The quantitative estimate of drug-likeness (QED) is 0.386. The molecular formula is C29H28F5N3O2. The number of anilines is 1. The molecule has 0 aromatic heterocycles. The molecule has 206 valence electrons. The van der Waals surface area contributed by atoms with Crippen molar-refractivity contribution >= 4 is 17.5 Å². The van der Waals surface area contributed by atoms with Crippen LogP contribution in [0.15, 0.2) is 66.7 Å². The van der Waals surface area contributed by atoms with Crippen molar-refractivity contribution in [1.82, 2.24) is 9.80 Å². The Morgan fingerprint density at radius 2 is 1.56 bits per heavy atom. The molecule has 10 heteroatoms. The Morgan fingerprint density at radius 1 is 0.846 bits per heavy atom.